The highest BCUT2D eigenvalue weighted by Crippen LogP contribution is 2.22. The van der Waals surface area contributed by atoms with Crippen LogP contribution in [0.5, 0.6) is 0 Å². The fraction of sp³-hybridized carbons (Fsp3) is 0.294. The monoisotopic (exact) mass is 303 g/mol. The van der Waals surface area contributed by atoms with Crippen molar-refractivity contribution < 1.29 is 8.42 Å². The number of hydrogen-bond acceptors (Lipinski definition) is 2. The Bertz CT molecular complexity index is 737. The van der Waals surface area contributed by atoms with Crippen molar-refractivity contribution in [2.75, 3.05) is 0 Å². The van der Waals surface area contributed by atoms with Crippen molar-refractivity contribution in [3.05, 3.63) is 64.7 Å². The molecule has 0 spiro atoms. The molecule has 1 atom stereocenters. The van der Waals surface area contributed by atoms with Crippen molar-refractivity contribution in [3.63, 3.8) is 0 Å². The molecule has 0 saturated heterocycles. The zero-order valence-electron chi connectivity index (χ0n) is 12.8. The van der Waals surface area contributed by atoms with Crippen LogP contribution in [-0.2, 0) is 10.0 Å². The molecule has 0 heterocycles. The summed E-state index contributed by atoms with van der Waals surface area (Å²) in [6, 6.07) is 12.9. The van der Waals surface area contributed by atoms with E-state index >= 15 is 0 Å². The quantitative estimate of drug-likeness (QED) is 0.937. The normalized spacial score (nSPS) is 13.1. The number of aryl methyl sites for hydroxylation is 3. The third kappa shape index (κ3) is 3.52. The molecular formula is C17H21NO2S. The van der Waals surface area contributed by atoms with Gasteiger partial charge in [-0.1, -0.05) is 36.4 Å². The molecule has 0 fully saturated rings. The first kappa shape index (κ1) is 15.7. The summed E-state index contributed by atoms with van der Waals surface area (Å²) in [6.45, 7) is 7.59. The lowest BCUT2D eigenvalue weighted by Gasteiger charge is -2.17. The number of rotatable bonds is 4. The van der Waals surface area contributed by atoms with Gasteiger partial charge in [-0.25, -0.2) is 13.1 Å². The van der Waals surface area contributed by atoms with Crippen molar-refractivity contribution in [1.29, 1.82) is 0 Å². The zero-order valence-corrected chi connectivity index (χ0v) is 13.7. The van der Waals surface area contributed by atoms with Crippen LogP contribution in [0.2, 0.25) is 0 Å². The highest BCUT2D eigenvalue weighted by Gasteiger charge is 2.20. The fourth-order valence-corrected chi connectivity index (χ4v) is 3.87. The minimum absolute atomic E-state index is 0.266. The maximum atomic E-state index is 12.6. The molecule has 0 aliphatic rings. The summed E-state index contributed by atoms with van der Waals surface area (Å²) in [6.07, 6.45) is 0. The van der Waals surface area contributed by atoms with Gasteiger partial charge in [0.05, 0.1) is 4.90 Å². The summed E-state index contributed by atoms with van der Waals surface area (Å²) < 4.78 is 27.9. The van der Waals surface area contributed by atoms with Crippen LogP contribution in [-0.4, -0.2) is 8.42 Å². The van der Waals surface area contributed by atoms with Gasteiger partial charge in [0.25, 0.3) is 0 Å². The number of sulfonamides is 1. The lowest BCUT2D eigenvalue weighted by Crippen LogP contribution is -2.27. The summed E-state index contributed by atoms with van der Waals surface area (Å²) in [7, 11) is -3.53. The second kappa shape index (κ2) is 6.00. The van der Waals surface area contributed by atoms with Gasteiger partial charge in [0.15, 0.2) is 0 Å². The standard InChI is InChI=1S/C17H21NO2S/c1-12-10-14(3)17(11-13(12)2)21(19,20)18-15(4)16-8-6-5-7-9-16/h5-11,15,18H,1-4H3/t15-/m0/s1. The number of hydrogen-bond donors (Lipinski definition) is 1. The second-order valence-electron chi connectivity index (χ2n) is 5.46. The SMILES string of the molecule is Cc1cc(C)c(S(=O)(=O)N[C@@H](C)c2ccccc2)cc1C. The maximum Gasteiger partial charge on any atom is 0.241 e. The van der Waals surface area contributed by atoms with E-state index in [-0.39, 0.29) is 6.04 Å². The van der Waals surface area contributed by atoms with Gasteiger partial charge >= 0.3 is 0 Å². The molecule has 0 saturated carbocycles. The molecule has 2 aromatic rings. The van der Waals surface area contributed by atoms with Gasteiger partial charge in [-0.15, -0.1) is 0 Å². The molecule has 2 aromatic carbocycles. The van der Waals surface area contributed by atoms with Gasteiger partial charge in [-0.05, 0) is 56.0 Å². The van der Waals surface area contributed by atoms with E-state index in [1.165, 1.54) is 0 Å². The van der Waals surface area contributed by atoms with Gasteiger partial charge in [0, 0.05) is 6.04 Å². The minimum Gasteiger partial charge on any atom is -0.207 e. The molecule has 0 aliphatic carbocycles. The van der Waals surface area contributed by atoms with Crippen molar-refractivity contribution in [2.45, 2.75) is 38.6 Å². The summed E-state index contributed by atoms with van der Waals surface area (Å²) in [5, 5.41) is 0. The van der Waals surface area contributed by atoms with E-state index in [9.17, 15) is 8.42 Å². The first-order chi connectivity index (χ1) is 9.81. The molecule has 112 valence electrons. The molecule has 4 heteroatoms. The van der Waals surface area contributed by atoms with Crippen molar-refractivity contribution >= 4 is 10.0 Å². The van der Waals surface area contributed by atoms with Crippen molar-refractivity contribution in [1.82, 2.24) is 4.72 Å². The van der Waals surface area contributed by atoms with Gasteiger partial charge in [-0.2, -0.15) is 0 Å². The predicted octanol–water partition coefficient (Wildman–Crippen LogP) is 3.65. The molecule has 0 unspecified atom stereocenters. The Kier molecular flexibility index (Phi) is 4.49. The molecule has 0 aliphatic heterocycles. The van der Waals surface area contributed by atoms with Crippen LogP contribution in [0.4, 0.5) is 0 Å². The number of nitrogens with one attached hydrogen (secondary N) is 1. The van der Waals surface area contributed by atoms with Gasteiger partial charge in [0.1, 0.15) is 0 Å². The Morgan fingerprint density at radius 2 is 1.48 bits per heavy atom. The second-order valence-corrected chi connectivity index (χ2v) is 7.14. The van der Waals surface area contributed by atoms with E-state index < -0.39 is 10.0 Å². The lowest BCUT2D eigenvalue weighted by atomic mass is 10.1. The average molecular weight is 303 g/mol. The van der Waals surface area contributed by atoms with Crippen LogP contribution in [0.1, 0.15) is 35.2 Å². The highest BCUT2D eigenvalue weighted by atomic mass is 32.2. The zero-order chi connectivity index (χ0) is 15.6. The molecule has 0 amide bonds. The predicted molar refractivity (Wildman–Crippen MR) is 85.8 cm³/mol. The van der Waals surface area contributed by atoms with Crippen LogP contribution in [0.15, 0.2) is 47.4 Å². The van der Waals surface area contributed by atoms with Crippen LogP contribution in [0, 0.1) is 20.8 Å². The minimum atomic E-state index is -3.53. The van der Waals surface area contributed by atoms with Gasteiger partial charge < -0.3 is 0 Å². The summed E-state index contributed by atoms with van der Waals surface area (Å²) >= 11 is 0. The molecule has 1 N–H and O–H groups in total. The molecule has 21 heavy (non-hydrogen) atoms. The largest absolute Gasteiger partial charge is 0.241 e. The van der Waals surface area contributed by atoms with Crippen LogP contribution >= 0.6 is 0 Å². The van der Waals surface area contributed by atoms with E-state index in [4.69, 9.17) is 0 Å². The van der Waals surface area contributed by atoms with E-state index in [1.54, 1.807) is 6.07 Å². The Morgan fingerprint density at radius 3 is 2.10 bits per heavy atom. The maximum absolute atomic E-state index is 12.6. The molecule has 0 aromatic heterocycles. The Morgan fingerprint density at radius 1 is 0.905 bits per heavy atom. The molecular weight excluding hydrogens is 282 g/mol. The first-order valence-electron chi connectivity index (χ1n) is 6.96. The Labute approximate surface area is 127 Å². The smallest absolute Gasteiger partial charge is 0.207 e. The summed E-state index contributed by atoms with van der Waals surface area (Å²) in [5.41, 5.74) is 3.80. The van der Waals surface area contributed by atoms with E-state index in [1.807, 2.05) is 64.1 Å². The Hall–Kier alpha value is -1.65. The third-order valence-electron chi connectivity index (χ3n) is 3.71. The lowest BCUT2D eigenvalue weighted by molar-refractivity contribution is 0.566. The molecule has 3 nitrogen and oxygen atoms in total. The first-order valence-corrected chi connectivity index (χ1v) is 8.44. The fourth-order valence-electron chi connectivity index (χ4n) is 2.33. The van der Waals surface area contributed by atoms with Crippen molar-refractivity contribution in [2.24, 2.45) is 0 Å². The van der Waals surface area contributed by atoms with Crippen LogP contribution in [0.3, 0.4) is 0 Å². The highest BCUT2D eigenvalue weighted by molar-refractivity contribution is 7.89. The Balaban J connectivity index is 2.33. The third-order valence-corrected chi connectivity index (χ3v) is 5.40. The van der Waals surface area contributed by atoms with E-state index in [0.717, 1.165) is 22.3 Å². The number of benzene rings is 2. The van der Waals surface area contributed by atoms with Gasteiger partial charge in [-0.3, -0.25) is 0 Å². The molecule has 2 rings (SSSR count). The van der Waals surface area contributed by atoms with Crippen LogP contribution in [0.25, 0.3) is 0 Å². The topological polar surface area (TPSA) is 46.2 Å². The van der Waals surface area contributed by atoms with E-state index in [0.29, 0.717) is 4.90 Å². The van der Waals surface area contributed by atoms with Gasteiger partial charge in [0.2, 0.25) is 10.0 Å². The van der Waals surface area contributed by atoms with Crippen molar-refractivity contribution in [3.8, 4) is 0 Å². The summed E-state index contributed by atoms with van der Waals surface area (Å²) in [4.78, 5) is 0.355. The van der Waals surface area contributed by atoms with Crippen LogP contribution < -0.4 is 4.72 Å². The van der Waals surface area contributed by atoms with E-state index in [2.05, 4.69) is 4.72 Å². The molecule has 0 radical (unpaired) electrons. The molecule has 0 bridgehead atoms. The average Bonchev–Trinajstić information content (AvgIpc) is 2.43. The summed E-state index contributed by atoms with van der Waals surface area (Å²) in [5.74, 6) is 0.